The van der Waals surface area contributed by atoms with Gasteiger partial charge in [0.05, 0.1) is 17.8 Å². The van der Waals surface area contributed by atoms with Gasteiger partial charge in [0.1, 0.15) is 0 Å². The molecule has 1 aliphatic carbocycles. The maximum Gasteiger partial charge on any atom is 0.0790 e. The summed E-state index contributed by atoms with van der Waals surface area (Å²) in [6, 6.07) is 1.05. The molecule has 2 fully saturated rings. The van der Waals surface area contributed by atoms with Gasteiger partial charge in [-0.15, -0.1) is 0 Å². The second-order valence-corrected chi connectivity index (χ2v) is 7.80. The molecule has 0 aromatic carbocycles. The normalized spacial score (nSPS) is 31.0. The van der Waals surface area contributed by atoms with Crippen molar-refractivity contribution in [2.75, 3.05) is 26.2 Å². The summed E-state index contributed by atoms with van der Waals surface area (Å²) in [7, 11) is 0. The minimum absolute atomic E-state index is 0.127. The molecule has 124 valence electrons. The first-order valence-electron chi connectivity index (χ1n) is 8.60. The van der Waals surface area contributed by atoms with E-state index in [-0.39, 0.29) is 17.8 Å². The Labute approximate surface area is 130 Å². The molecular weight excluding hydrogens is 264 g/mol. The summed E-state index contributed by atoms with van der Waals surface area (Å²) in [6.07, 6.45) is 3.71. The number of hydrogen-bond donors (Lipinski definition) is 2. The van der Waals surface area contributed by atoms with Crippen LogP contribution in [0.3, 0.4) is 0 Å². The monoisotopic (exact) mass is 298 g/mol. The lowest BCUT2D eigenvalue weighted by Crippen LogP contribution is -2.51. The Bertz CT molecular complexity index is 340. The summed E-state index contributed by atoms with van der Waals surface area (Å²) in [5, 5.41) is 13.1. The van der Waals surface area contributed by atoms with E-state index < -0.39 is 0 Å². The van der Waals surface area contributed by atoms with Crippen LogP contribution in [0.1, 0.15) is 53.9 Å². The standard InChI is InChI=1S/C17H34N2O2/c1-6-9-18-15-14(16(2,3)21-17(15,4)5)12-19(10-11-20)13-7-8-13/h13-15,18,20H,6-12H2,1-5H3. The predicted molar refractivity (Wildman–Crippen MR) is 86.5 cm³/mol. The Kier molecular flexibility index (Phi) is 5.35. The van der Waals surface area contributed by atoms with Crippen molar-refractivity contribution in [3.63, 3.8) is 0 Å². The molecule has 2 atom stereocenters. The van der Waals surface area contributed by atoms with Gasteiger partial charge in [0, 0.05) is 31.1 Å². The van der Waals surface area contributed by atoms with Crippen molar-refractivity contribution in [2.24, 2.45) is 5.92 Å². The minimum atomic E-state index is -0.141. The van der Waals surface area contributed by atoms with E-state index in [1.54, 1.807) is 0 Å². The molecular formula is C17H34N2O2. The van der Waals surface area contributed by atoms with E-state index in [0.29, 0.717) is 18.0 Å². The molecule has 2 unspecified atom stereocenters. The number of hydrogen-bond acceptors (Lipinski definition) is 4. The molecule has 4 heteroatoms. The molecule has 0 bridgehead atoms. The third-order valence-corrected chi connectivity index (χ3v) is 5.07. The summed E-state index contributed by atoms with van der Waals surface area (Å²) in [5.74, 6) is 0.450. The third-order valence-electron chi connectivity index (χ3n) is 5.07. The van der Waals surface area contributed by atoms with Crippen LogP contribution in [0.25, 0.3) is 0 Å². The van der Waals surface area contributed by atoms with Gasteiger partial charge in [0.2, 0.25) is 0 Å². The van der Waals surface area contributed by atoms with E-state index in [1.165, 1.54) is 12.8 Å². The summed E-state index contributed by atoms with van der Waals surface area (Å²) in [5.41, 5.74) is -0.269. The summed E-state index contributed by atoms with van der Waals surface area (Å²) >= 11 is 0. The van der Waals surface area contributed by atoms with Crippen molar-refractivity contribution in [1.29, 1.82) is 0 Å². The van der Waals surface area contributed by atoms with Crippen LogP contribution in [0.4, 0.5) is 0 Å². The minimum Gasteiger partial charge on any atom is -0.395 e. The Balaban J connectivity index is 2.11. The lowest BCUT2D eigenvalue weighted by Gasteiger charge is -2.35. The molecule has 21 heavy (non-hydrogen) atoms. The first-order chi connectivity index (χ1) is 9.81. The second-order valence-electron chi connectivity index (χ2n) is 7.80. The van der Waals surface area contributed by atoms with Gasteiger partial charge in [0.25, 0.3) is 0 Å². The van der Waals surface area contributed by atoms with Gasteiger partial charge in [-0.05, 0) is 53.5 Å². The van der Waals surface area contributed by atoms with E-state index in [1.807, 2.05) is 0 Å². The molecule has 1 aliphatic heterocycles. The summed E-state index contributed by atoms with van der Waals surface area (Å²) < 4.78 is 6.39. The van der Waals surface area contributed by atoms with E-state index in [2.05, 4.69) is 44.8 Å². The fraction of sp³-hybridized carbons (Fsp3) is 1.00. The predicted octanol–water partition coefficient (Wildman–Crippen LogP) is 2.01. The van der Waals surface area contributed by atoms with Gasteiger partial charge in [0.15, 0.2) is 0 Å². The van der Waals surface area contributed by atoms with E-state index in [0.717, 1.165) is 26.1 Å². The molecule has 1 saturated carbocycles. The molecule has 0 aromatic heterocycles. The first-order valence-corrected chi connectivity index (χ1v) is 8.60. The van der Waals surface area contributed by atoms with Crippen molar-refractivity contribution in [3.8, 4) is 0 Å². The topological polar surface area (TPSA) is 44.7 Å². The van der Waals surface area contributed by atoms with Crippen LogP contribution in [0.5, 0.6) is 0 Å². The van der Waals surface area contributed by atoms with E-state index in [9.17, 15) is 5.11 Å². The van der Waals surface area contributed by atoms with Crippen molar-refractivity contribution < 1.29 is 9.84 Å². The molecule has 1 saturated heterocycles. The molecule has 4 nitrogen and oxygen atoms in total. The van der Waals surface area contributed by atoms with Gasteiger partial charge in [-0.2, -0.15) is 0 Å². The van der Waals surface area contributed by atoms with Crippen LogP contribution >= 0.6 is 0 Å². The highest BCUT2D eigenvalue weighted by Gasteiger charge is 2.54. The lowest BCUT2D eigenvalue weighted by molar-refractivity contribution is -0.0799. The average molecular weight is 298 g/mol. The van der Waals surface area contributed by atoms with Crippen LogP contribution in [0, 0.1) is 5.92 Å². The SMILES string of the molecule is CCCNC1C(CN(CCO)C2CC2)C(C)(C)OC1(C)C. The quantitative estimate of drug-likeness (QED) is 0.719. The Morgan fingerprint density at radius 1 is 1.19 bits per heavy atom. The van der Waals surface area contributed by atoms with E-state index >= 15 is 0 Å². The maximum atomic E-state index is 9.34. The maximum absolute atomic E-state index is 9.34. The highest BCUT2D eigenvalue weighted by molar-refractivity contribution is 5.06. The largest absolute Gasteiger partial charge is 0.395 e. The van der Waals surface area contributed by atoms with Crippen molar-refractivity contribution in [3.05, 3.63) is 0 Å². The Morgan fingerprint density at radius 3 is 2.38 bits per heavy atom. The summed E-state index contributed by atoms with van der Waals surface area (Å²) in [4.78, 5) is 2.47. The third kappa shape index (κ3) is 3.98. The van der Waals surface area contributed by atoms with Gasteiger partial charge < -0.3 is 15.2 Å². The number of nitrogens with zero attached hydrogens (tertiary/aromatic N) is 1. The van der Waals surface area contributed by atoms with Crippen LogP contribution in [0.15, 0.2) is 0 Å². The Morgan fingerprint density at radius 2 is 1.86 bits per heavy atom. The average Bonchev–Trinajstić information content (AvgIpc) is 3.16. The molecule has 0 radical (unpaired) electrons. The molecule has 0 spiro atoms. The fourth-order valence-corrected chi connectivity index (χ4v) is 3.96. The van der Waals surface area contributed by atoms with Crippen molar-refractivity contribution in [2.45, 2.75) is 77.2 Å². The number of aliphatic hydroxyl groups excluding tert-OH is 1. The molecule has 2 N–H and O–H groups in total. The van der Waals surface area contributed by atoms with Gasteiger partial charge in [-0.3, -0.25) is 4.90 Å². The van der Waals surface area contributed by atoms with Crippen LogP contribution in [-0.2, 0) is 4.74 Å². The van der Waals surface area contributed by atoms with Gasteiger partial charge in [-0.25, -0.2) is 0 Å². The zero-order chi connectivity index (χ0) is 15.7. The van der Waals surface area contributed by atoms with E-state index in [4.69, 9.17) is 4.74 Å². The van der Waals surface area contributed by atoms with Crippen LogP contribution in [-0.4, -0.2) is 59.5 Å². The zero-order valence-electron chi connectivity index (χ0n) is 14.5. The number of rotatable bonds is 8. The second kappa shape index (κ2) is 6.53. The molecule has 1 heterocycles. The summed E-state index contributed by atoms with van der Waals surface area (Å²) in [6.45, 7) is 14.1. The number of ether oxygens (including phenoxy) is 1. The lowest BCUT2D eigenvalue weighted by atomic mass is 9.82. The molecule has 0 amide bonds. The highest BCUT2D eigenvalue weighted by atomic mass is 16.5. The Hall–Kier alpha value is -0.160. The van der Waals surface area contributed by atoms with Gasteiger partial charge in [-0.1, -0.05) is 6.92 Å². The zero-order valence-corrected chi connectivity index (χ0v) is 14.5. The molecule has 2 aliphatic rings. The molecule has 0 aromatic rings. The van der Waals surface area contributed by atoms with Gasteiger partial charge >= 0.3 is 0 Å². The van der Waals surface area contributed by atoms with Crippen molar-refractivity contribution in [1.82, 2.24) is 10.2 Å². The van der Waals surface area contributed by atoms with Crippen LogP contribution < -0.4 is 5.32 Å². The fourth-order valence-electron chi connectivity index (χ4n) is 3.96. The number of nitrogens with one attached hydrogen (secondary N) is 1. The highest BCUT2D eigenvalue weighted by Crippen LogP contribution is 2.43. The van der Waals surface area contributed by atoms with Crippen LogP contribution in [0.2, 0.25) is 0 Å². The molecule has 2 rings (SSSR count). The smallest absolute Gasteiger partial charge is 0.0790 e. The number of aliphatic hydroxyl groups is 1. The first kappa shape index (κ1) is 17.2. The van der Waals surface area contributed by atoms with Crippen molar-refractivity contribution >= 4 is 0 Å².